The molecule has 164 valence electrons. The third-order valence-corrected chi connectivity index (χ3v) is 5.82. The molecule has 0 aromatic heterocycles. The molecule has 0 bridgehead atoms. The summed E-state index contributed by atoms with van der Waals surface area (Å²) in [6.45, 7) is 6.12. The fourth-order valence-corrected chi connectivity index (χ4v) is 4.29. The van der Waals surface area contributed by atoms with Gasteiger partial charge in [-0.2, -0.15) is 0 Å². The van der Waals surface area contributed by atoms with E-state index in [0.29, 0.717) is 13.1 Å². The van der Waals surface area contributed by atoms with Gasteiger partial charge in [-0.05, 0) is 12.8 Å². The molecule has 3 aliphatic rings. The summed E-state index contributed by atoms with van der Waals surface area (Å²) in [7, 11) is 0. The van der Waals surface area contributed by atoms with Gasteiger partial charge >= 0.3 is 6.09 Å². The first kappa shape index (κ1) is 20.8. The molecule has 0 unspecified atom stereocenters. The predicted octanol–water partition coefficient (Wildman–Crippen LogP) is 1.56. The van der Waals surface area contributed by atoms with Gasteiger partial charge in [0, 0.05) is 58.3 Å². The molecule has 10 heteroatoms. The molecule has 1 aromatic rings. The largest absolute Gasteiger partial charge is 0.442 e. The smallest absolute Gasteiger partial charge is 0.414 e. The van der Waals surface area contributed by atoms with E-state index in [4.69, 9.17) is 4.74 Å². The molecule has 30 heavy (non-hydrogen) atoms. The third kappa shape index (κ3) is 4.34. The van der Waals surface area contributed by atoms with E-state index in [2.05, 4.69) is 15.3 Å². The summed E-state index contributed by atoms with van der Waals surface area (Å²) < 4.78 is 35.2. The molecule has 1 N–H and O–H groups in total. The van der Waals surface area contributed by atoms with Crippen molar-refractivity contribution in [2.45, 2.75) is 25.9 Å². The van der Waals surface area contributed by atoms with Gasteiger partial charge < -0.3 is 15.0 Å². The number of ether oxygens (including phenoxy) is 1. The second kappa shape index (κ2) is 8.73. The fourth-order valence-electron chi connectivity index (χ4n) is 4.29. The van der Waals surface area contributed by atoms with Gasteiger partial charge in [0.25, 0.3) is 0 Å². The molecular weight excluding hydrogens is 396 g/mol. The summed E-state index contributed by atoms with van der Waals surface area (Å²) in [5.41, 5.74) is 0.0576. The Balaban J connectivity index is 1.48. The molecule has 3 fully saturated rings. The second-order valence-corrected chi connectivity index (χ2v) is 7.91. The molecule has 3 saturated heterocycles. The lowest BCUT2D eigenvalue weighted by molar-refractivity contribution is -0.119. The maximum atomic E-state index is 15.0. The normalized spacial score (nSPS) is 23.2. The van der Waals surface area contributed by atoms with E-state index < -0.39 is 23.8 Å². The van der Waals surface area contributed by atoms with Gasteiger partial charge in [-0.3, -0.25) is 9.69 Å². The molecule has 0 radical (unpaired) electrons. The molecule has 0 saturated carbocycles. The Labute approximate surface area is 174 Å². The van der Waals surface area contributed by atoms with Gasteiger partial charge in [0.2, 0.25) is 5.91 Å². The Hall–Kier alpha value is -2.46. The number of amides is 2. The van der Waals surface area contributed by atoms with Crippen LogP contribution >= 0.6 is 0 Å². The highest BCUT2D eigenvalue weighted by molar-refractivity contribution is 5.90. The van der Waals surface area contributed by atoms with E-state index in [1.807, 2.05) is 0 Å². The molecule has 1 aromatic carbocycles. The van der Waals surface area contributed by atoms with Crippen LogP contribution in [0.1, 0.15) is 19.8 Å². The standard InChI is InChI=1S/C20H27F2N5O3/c1-14(28)23-12-16-13-27(20(29)30-16)15-10-17(21)19(18(22)11-15)24-6-8-25-4-2-3-5-26(25)9-7-24/h10-11,16H,2-9,12-13H2,1H3,(H,23,28)/t16-/m0/s1. The number of carbonyl (C=O) groups is 2. The topological polar surface area (TPSA) is 68.4 Å². The molecule has 0 spiro atoms. The minimum atomic E-state index is -0.696. The summed E-state index contributed by atoms with van der Waals surface area (Å²) in [6, 6.07) is 2.36. The van der Waals surface area contributed by atoms with E-state index in [0.717, 1.165) is 39.0 Å². The third-order valence-electron chi connectivity index (χ3n) is 5.82. The maximum Gasteiger partial charge on any atom is 0.414 e. The Morgan fingerprint density at radius 3 is 2.23 bits per heavy atom. The van der Waals surface area contributed by atoms with E-state index in [1.165, 1.54) is 24.0 Å². The number of cyclic esters (lactones) is 1. The molecule has 1 atom stereocenters. The van der Waals surface area contributed by atoms with Crippen LogP contribution in [0.4, 0.5) is 25.0 Å². The molecular formula is C20H27F2N5O3. The van der Waals surface area contributed by atoms with Crippen LogP contribution in [0.3, 0.4) is 0 Å². The van der Waals surface area contributed by atoms with Crippen LogP contribution in [0.15, 0.2) is 12.1 Å². The Morgan fingerprint density at radius 2 is 1.67 bits per heavy atom. The number of nitrogens with zero attached hydrogens (tertiary/aromatic N) is 4. The number of fused-ring (bicyclic) bond motifs is 1. The van der Waals surface area contributed by atoms with Crippen molar-refractivity contribution in [3.63, 3.8) is 0 Å². The number of halogens is 2. The monoisotopic (exact) mass is 423 g/mol. The van der Waals surface area contributed by atoms with Crippen LogP contribution < -0.4 is 15.1 Å². The van der Waals surface area contributed by atoms with Crippen molar-refractivity contribution in [1.82, 2.24) is 15.3 Å². The minimum absolute atomic E-state index is 0.0536. The second-order valence-electron chi connectivity index (χ2n) is 7.91. The lowest BCUT2D eigenvalue weighted by atomic mass is 10.2. The Bertz CT molecular complexity index is 785. The lowest BCUT2D eigenvalue weighted by Crippen LogP contribution is -2.47. The van der Waals surface area contributed by atoms with Crippen LogP contribution in [-0.4, -0.2) is 80.5 Å². The quantitative estimate of drug-likeness (QED) is 0.793. The van der Waals surface area contributed by atoms with Crippen LogP contribution in [0.2, 0.25) is 0 Å². The van der Waals surface area contributed by atoms with Gasteiger partial charge in [-0.1, -0.05) is 0 Å². The van der Waals surface area contributed by atoms with Crippen molar-refractivity contribution >= 4 is 23.4 Å². The minimum Gasteiger partial charge on any atom is -0.442 e. The highest BCUT2D eigenvalue weighted by Gasteiger charge is 2.34. The first-order valence-electron chi connectivity index (χ1n) is 10.4. The number of hydrogen-bond donors (Lipinski definition) is 1. The summed E-state index contributed by atoms with van der Waals surface area (Å²) in [4.78, 5) is 26.1. The molecule has 2 amide bonds. The first-order chi connectivity index (χ1) is 14.4. The highest BCUT2D eigenvalue weighted by Crippen LogP contribution is 2.31. The number of hydrazine groups is 1. The Morgan fingerprint density at radius 1 is 1.07 bits per heavy atom. The highest BCUT2D eigenvalue weighted by atomic mass is 19.1. The van der Waals surface area contributed by atoms with Crippen molar-refractivity contribution in [2.24, 2.45) is 0 Å². The molecule has 8 nitrogen and oxygen atoms in total. The van der Waals surface area contributed by atoms with E-state index in [1.54, 1.807) is 4.90 Å². The SMILES string of the molecule is CC(=O)NC[C@H]1CN(c2cc(F)c(N3CCN4CCCCN4CC3)c(F)c2)C(=O)O1. The predicted molar refractivity (Wildman–Crippen MR) is 107 cm³/mol. The number of nitrogens with one attached hydrogen (secondary N) is 1. The van der Waals surface area contributed by atoms with Crippen LogP contribution in [-0.2, 0) is 9.53 Å². The van der Waals surface area contributed by atoms with Gasteiger partial charge in [0.1, 0.15) is 11.8 Å². The van der Waals surface area contributed by atoms with Crippen molar-refractivity contribution in [3.05, 3.63) is 23.8 Å². The Kier molecular flexibility index (Phi) is 6.05. The number of carbonyl (C=O) groups excluding carboxylic acids is 2. The summed E-state index contributed by atoms with van der Waals surface area (Å²) in [5, 5.41) is 7.11. The maximum absolute atomic E-state index is 15.0. The number of hydrogen-bond acceptors (Lipinski definition) is 6. The van der Waals surface area contributed by atoms with Crippen molar-refractivity contribution in [3.8, 4) is 0 Å². The van der Waals surface area contributed by atoms with Gasteiger partial charge in [-0.15, -0.1) is 0 Å². The average Bonchev–Trinajstić information content (AvgIpc) is 2.95. The molecule has 3 aliphatic heterocycles. The fraction of sp³-hybridized carbons (Fsp3) is 0.600. The molecule has 4 rings (SSSR count). The van der Waals surface area contributed by atoms with E-state index in [-0.39, 0.29) is 30.4 Å². The van der Waals surface area contributed by atoms with Crippen molar-refractivity contribution < 1.29 is 23.1 Å². The average molecular weight is 423 g/mol. The van der Waals surface area contributed by atoms with Gasteiger partial charge in [0.15, 0.2) is 11.6 Å². The number of benzene rings is 1. The van der Waals surface area contributed by atoms with Crippen molar-refractivity contribution in [1.29, 1.82) is 0 Å². The zero-order valence-corrected chi connectivity index (χ0v) is 17.1. The summed E-state index contributed by atoms with van der Waals surface area (Å²) >= 11 is 0. The first-order valence-corrected chi connectivity index (χ1v) is 10.4. The summed E-state index contributed by atoms with van der Waals surface area (Å²) in [5.74, 6) is -1.63. The van der Waals surface area contributed by atoms with E-state index in [9.17, 15) is 18.4 Å². The molecule has 3 heterocycles. The number of anilines is 2. The lowest BCUT2D eigenvalue weighted by Gasteiger charge is -2.36. The van der Waals surface area contributed by atoms with Gasteiger partial charge in [0.05, 0.1) is 18.8 Å². The van der Waals surface area contributed by atoms with Crippen molar-refractivity contribution in [2.75, 3.05) is 62.2 Å². The zero-order valence-electron chi connectivity index (χ0n) is 17.1. The van der Waals surface area contributed by atoms with Crippen LogP contribution in [0, 0.1) is 11.6 Å². The zero-order chi connectivity index (χ0) is 21.3. The van der Waals surface area contributed by atoms with Crippen LogP contribution in [0.25, 0.3) is 0 Å². The van der Waals surface area contributed by atoms with Gasteiger partial charge in [-0.25, -0.2) is 23.6 Å². The van der Waals surface area contributed by atoms with Crippen LogP contribution in [0.5, 0.6) is 0 Å². The summed E-state index contributed by atoms with van der Waals surface area (Å²) in [6.07, 6.45) is 1.03. The molecule has 0 aliphatic carbocycles. The van der Waals surface area contributed by atoms with E-state index >= 15 is 0 Å². The number of rotatable bonds is 4.